The Morgan fingerprint density at radius 2 is 1.81 bits per heavy atom. The SMILES string of the molecule is OCc1ccc(F)c(Cc2ccncc2)c1. The van der Waals surface area contributed by atoms with Crippen LogP contribution in [-0.2, 0) is 13.0 Å². The first-order chi connectivity index (χ1) is 7.79. The lowest BCUT2D eigenvalue weighted by Gasteiger charge is -2.05. The Kier molecular flexibility index (Phi) is 3.27. The topological polar surface area (TPSA) is 33.1 Å². The fourth-order valence-electron chi connectivity index (χ4n) is 1.58. The predicted molar refractivity (Wildman–Crippen MR) is 59.4 cm³/mol. The van der Waals surface area contributed by atoms with Gasteiger partial charge in [0.15, 0.2) is 0 Å². The van der Waals surface area contributed by atoms with Gasteiger partial charge in [-0.15, -0.1) is 0 Å². The van der Waals surface area contributed by atoms with Crippen molar-refractivity contribution in [2.45, 2.75) is 13.0 Å². The van der Waals surface area contributed by atoms with Gasteiger partial charge in [0.25, 0.3) is 0 Å². The molecule has 2 nitrogen and oxygen atoms in total. The van der Waals surface area contributed by atoms with Crippen LogP contribution in [-0.4, -0.2) is 10.1 Å². The van der Waals surface area contributed by atoms with Crippen LogP contribution in [0.2, 0.25) is 0 Å². The molecule has 2 aromatic rings. The van der Waals surface area contributed by atoms with Crippen LogP contribution < -0.4 is 0 Å². The summed E-state index contributed by atoms with van der Waals surface area (Å²) in [5.74, 6) is -0.242. The van der Waals surface area contributed by atoms with Gasteiger partial charge in [-0.3, -0.25) is 4.98 Å². The maximum atomic E-state index is 13.5. The van der Waals surface area contributed by atoms with Crippen LogP contribution >= 0.6 is 0 Å². The van der Waals surface area contributed by atoms with Gasteiger partial charge >= 0.3 is 0 Å². The standard InChI is InChI=1S/C13H12FNO/c14-13-2-1-11(9-16)8-12(13)7-10-3-5-15-6-4-10/h1-6,8,16H,7,9H2. The summed E-state index contributed by atoms with van der Waals surface area (Å²) in [4.78, 5) is 3.91. The van der Waals surface area contributed by atoms with E-state index in [0.717, 1.165) is 11.1 Å². The number of nitrogens with zero attached hydrogens (tertiary/aromatic N) is 1. The molecule has 0 amide bonds. The summed E-state index contributed by atoms with van der Waals surface area (Å²) in [5.41, 5.74) is 2.33. The normalized spacial score (nSPS) is 10.4. The lowest BCUT2D eigenvalue weighted by molar-refractivity contribution is 0.281. The molecule has 0 atom stereocenters. The quantitative estimate of drug-likeness (QED) is 0.855. The highest BCUT2D eigenvalue weighted by Crippen LogP contribution is 2.15. The van der Waals surface area contributed by atoms with E-state index in [1.54, 1.807) is 24.5 Å². The van der Waals surface area contributed by atoms with Crippen molar-refractivity contribution in [3.05, 3.63) is 65.2 Å². The minimum Gasteiger partial charge on any atom is -0.392 e. The Hall–Kier alpha value is -1.74. The van der Waals surface area contributed by atoms with E-state index in [4.69, 9.17) is 5.11 Å². The van der Waals surface area contributed by atoms with Crippen molar-refractivity contribution in [3.63, 3.8) is 0 Å². The van der Waals surface area contributed by atoms with E-state index in [1.165, 1.54) is 6.07 Å². The number of halogens is 1. The number of aliphatic hydroxyl groups excluding tert-OH is 1. The summed E-state index contributed by atoms with van der Waals surface area (Å²) in [6, 6.07) is 8.37. The molecule has 1 heterocycles. The molecule has 0 fully saturated rings. The maximum absolute atomic E-state index is 13.5. The van der Waals surface area contributed by atoms with E-state index in [-0.39, 0.29) is 12.4 Å². The summed E-state index contributed by atoms with van der Waals surface area (Å²) < 4.78 is 13.5. The van der Waals surface area contributed by atoms with Crippen molar-refractivity contribution in [1.82, 2.24) is 4.98 Å². The van der Waals surface area contributed by atoms with Gasteiger partial charge in [0.2, 0.25) is 0 Å². The molecule has 0 saturated carbocycles. The second-order valence-corrected chi connectivity index (χ2v) is 3.62. The van der Waals surface area contributed by atoms with Gasteiger partial charge in [-0.2, -0.15) is 0 Å². The molecule has 1 aromatic heterocycles. The van der Waals surface area contributed by atoms with Gasteiger partial charge < -0.3 is 5.11 Å². The molecule has 0 aliphatic heterocycles. The van der Waals surface area contributed by atoms with Gasteiger partial charge in [0.05, 0.1) is 6.61 Å². The van der Waals surface area contributed by atoms with Gasteiger partial charge in [-0.1, -0.05) is 12.1 Å². The van der Waals surface area contributed by atoms with E-state index < -0.39 is 0 Å². The minimum atomic E-state index is -0.242. The fourth-order valence-corrected chi connectivity index (χ4v) is 1.58. The van der Waals surface area contributed by atoms with E-state index in [2.05, 4.69) is 4.98 Å². The molecule has 2 rings (SSSR count). The van der Waals surface area contributed by atoms with Crippen molar-refractivity contribution in [2.24, 2.45) is 0 Å². The lowest BCUT2D eigenvalue weighted by Crippen LogP contribution is -1.95. The Bertz CT molecular complexity index is 471. The number of benzene rings is 1. The van der Waals surface area contributed by atoms with Crippen LogP contribution in [0, 0.1) is 5.82 Å². The zero-order valence-corrected chi connectivity index (χ0v) is 8.73. The molecule has 0 bridgehead atoms. The number of hydrogen-bond donors (Lipinski definition) is 1. The predicted octanol–water partition coefficient (Wildman–Crippen LogP) is 2.30. The summed E-state index contributed by atoms with van der Waals surface area (Å²) in [5, 5.41) is 8.99. The average Bonchev–Trinajstić information content (AvgIpc) is 2.33. The smallest absolute Gasteiger partial charge is 0.126 e. The van der Waals surface area contributed by atoms with Gasteiger partial charge in [-0.05, 0) is 34.9 Å². The highest BCUT2D eigenvalue weighted by Gasteiger charge is 2.04. The molecule has 1 N–H and O–H groups in total. The minimum absolute atomic E-state index is 0.0658. The highest BCUT2D eigenvalue weighted by atomic mass is 19.1. The molecule has 0 unspecified atom stereocenters. The first-order valence-corrected chi connectivity index (χ1v) is 5.06. The number of rotatable bonds is 3. The largest absolute Gasteiger partial charge is 0.392 e. The molecule has 0 aliphatic carbocycles. The van der Waals surface area contributed by atoms with Crippen molar-refractivity contribution in [3.8, 4) is 0 Å². The third-order valence-electron chi connectivity index (χ3n) is 2.44. The molecule has 3 heteroatoms. The van der Waals surface area contributed by atoms with Crippen LogP contribution in [0.25, 0.3) is 0 Å². The Morgan fingerprint density at radius 3 is 2.50 bits per heavy atom. The molecule has 16 heavy (non-hydrogen) atoms. The van der Waals surface area contributed by atoms with E-state index in [0.29, 0.717) is 12.0 Å². The highest BCUT2D eigenvalue weighted by molar-refractivity contribution is 5.29. The van der Waals surface area contributed by atoms with Gasteiger partial charge in [0.1, 0.15) is 5.82 Å². The number of hydrogen-bond acceptors (Lipinski definition) is 2. The zero-order chi connectivity index (χ0) is 11.4. The number of aromatic nitrogens is 1. The summed E-state index contributed by atoms with van der Waals surface area (Å²) in [6.07, 6.45) is 3.88. The maximum Gasteiger partial charge on any atom is 0.126 e. The van der Waals surface area contributed by atoms with Crippen LogP contribution in [0.1, 0.15) is 16.7 Å². The van der Waals surface area contributed by atoms with Crippen molar-refractivity contribution in [2.75, 3.05) is 0 Å². The second-order valence-electron chi connectivity index (χ2n) is 3.62. The van der Waals surface area contributed by atoms with Crippen LogP contribution in [0.15, 0.2) is 42.7 Å². The summed E-state index contributed by atoms with van der Waals surface area (Å²) in [6.45, 7) is -0.0658. The van der Waals surface area contributed by atoms with E-state index >= 15 is 0 Å². The third kappa shape index (κ3) is 2.44. The molecule has 0 aliphatic rings. The van der Waals surface area contributed by atoms with E-state index in [1.807, 2.05) is 12.1 Å². The molecule has 0 spiro atoms. The zero-order valence-electron chi connectivity index (χ0n) is 8.73. The van der Waals surface area contributed by atoms with E-state index in [9.17, 15) is 4.39 Å². The van der Waals surface area contributed by atoms with Crippen molar-refractivity contribution in [1.29, 1.82) is 0 Å². The third-order valence-corrected chi connectivity index (χ3v) is 2.44. The van der Waals surface area contributed by atoms with Crippen molar-refractivity contribution >= 4 is 0 Å². The van der Waals surface area contributed by atoms with Crippen LogP contribution in [0.4, 0.5) is 4.39 Å². The summed E-state index contributed by atoms with van der Waals surface area (Å²) in [7, 11) is 0. The first kappa shape index (κ1) is 10.8. The van der Waals surface area contributed by atoms with Crippen LogP contribution in [0.3, 0.4) is 0 Å². The fraction of sp³-hybridized carbons (Fsp3) is 0.154. The Morgan fingerprint density at radius 1 is 1.06 bits per heavy atom. The Balaban J connectivity index is 2.27. The summed E-state index contributed by atoms with van der Waals surface area (Å²) >= 11 is 0. The molecule has 82 valence electrons. The lowest BCUT2D eigenvalue weighted by atomic mass is 10.0. The molecule has 0 saturated heterocycles. The molecular formula is C13H12FNO. The average molecular weight is 217 g/mol. The molecule has 1 aromatic carbocycles. The second kappa shape index (κ2) is 4.86. The first-order valence-electron chi connectivity index (χ1n) is 5.06. The van der Waals surface area contributed by atoms with Crippen LogP contribution in [0.5, 0.6) is 0 Å². The van der Waals surface area contributed by atoms with Gasteiger partial charge in [0, 0.05) is 18.8 Å². The van der Waals surface area contributed by atoms with Crippen molar-refractivity contribution < 1.29 is 9.50 Å². The molecular weight excluding hydrogens is 205 g/mol. The van der Waals surface area contributed by atoms with Gasteiger partial charge in [-0.25, -0.2) is 4.39 Å². The number of pyridine rings is 1. The monoisotopic (exact) mass is 217 g/mol. The Labute approximate surface area is 93.4 Å². The molecule has 0 radical (unpaired) electrons. The number of aliphatic hydroxyl groups is 1.